The van der Waals surface area contributed by atoms with Crippen LogP contribution in [0.25, 0.3) is 0 Å². The second-order valence-electron chi connectivity index (χ2n) is 5.32. The fourth-order valence-electron chi connectivity index (χ4n) is 2.57. The third-order valence-electron chi connectivity index (χ3n) is 3.90. The monoisotopic (exact) mass is 272 g/mol. The molecule has 1 unspecified atom stereocenters. The van der Waals surface area contributed by atoms with Crippen LogP contribution < -0.4 is 5.32 Å². The summed E-state index contributed by atoms with van der Waals surface area (Å²) in [6, 6.07) is 9.06. The minimum absolute atomic E-state index is 0.231. The van der Waals surface area contributed by atoms with E-state index in [1.807, 2.05) is 18.4 Å². The predicted molar refractivity (Wildman–Crippen MR) is 80.9 cm³/mol. The molecule has 100 valence electrons. The molecular formula is C16H20N2S. The summed E-state index contributed by atoms with van der Waals surface area (Å²) in [6.07, 6.45) is 2.67. The van der Waals surface area contributed by atoms with Crippen molar-refractivity contribution in [2.75, 3.05) is 7.05 Å². The first-order valence-electron chi connectivity index (χ1n) is 6.90. The third-order valence-corrected chi connectivity index (χ3v) is 5.04. The minimum Gasteiger partial charge on any atom is -0.307 e. The quantitative estimate of drug-likeness (QED) is 0.911. The van der Waals surface area contributed by atoms with Crippen molar-refractivity contribution in [3.05, 3.63) is 51.0 Å². The van der Waals surface area contributed by atoms with E-state index in [0.717, 1.165) is 11.6 Å². The first-order valence-corrected chi connectivity index (χ1v) is 7.72. The molecule has 19 heavy (non-hydrogen) atoms. The SMILES string of the molecule is CNC(c1nc(C)c(C)s1)c1ccccc1C1CC1. The average molecular weight is 272 g/mol. The zero-order valence-electron chi connectivity index (χ0n) is 11.7. The number of hydrogen-bond donors (Lipinski definition) is 1. The molecule has 2 aromatic rings. The van der Waals surface area contributed by atoms with Crippen molar-refractivity contribution < 1.29 is 0 Å². The largest absolute Gasteiger partial charge is 0.307 e. The first kappa shape index (κ1) is 12.8. The number of benzene rings is 1. The Balaban J connectivity index is 2.02. The lowest BCUT2D eigenvalue weighted by atomic mass is 9.97. The zero-order valence-corrected chi connectivity index (χ0v) is 12.6. The molecule has 1 heterocycles. The summed E-state index contributed by atoms with van der Waals surface area (Å²) in [6.45, 7) is 4.24. The Morgan fingerprint density at radius 3 is 2.58 bits per heavy atom. The molecule has 0 saturated heterocycles. The van der Waals surface area contributed by atoms with Crippen molar-refractivity contribution in [1.29, 1.82) is 0 Å². The van der Waals surface area contributed by atoms with Gasteiger partial charge in [-0.25, -0.2) is 4.98 Å². The highest BCUT2D eigenvalue weighted by atomic mass is 32.1. The molecule has 3 rings (SSSR count). The Kier molecular flexibility index (Phi) is 3.42. The maximum Gasteiger partial charge on any atom is 0.115 e. The third kappa shape index (κ3) is 2.45. The summed E-state index contributed by atoms with van der Waals surface area (Å²) >= 11 is 1.81. The van der Waals surface area contributed by atoms with Gasteiger partial charge in [0, 0.05) is 4.88 Å². The van der Waals surface area contributed by atoms with Crippen LogP contribution in [-0.2, 0) is 0 Å². The molecule has 1 N–H and O–H groups in total. The summed E-state index contributed by atoms with van der Waals surface area (Å²) in [5.74, 6) is 0.772. The molecule has 1 fully saturated rings. The number of hydrogen-bond acceptors (Lipinski definition) is 3. The van der Waals surface area contributed by atoms with Crippen molar-refractivity contribution in [2.45, 2.75) is 38.6 Å². The molecule has 1 atom stereocenters. The minimum atomic E-state index is 0.231. The van der Waals surface area contributed by atoms with Gasteiger partial charge in [-0.2, -0.15) is 0 Å². The lowest BCUT2D eigenvalue weighted by Gasteiger charge is -2.18. The maximum absolute atomic E-state index is 4.73. The molecule has 0 amide bonds. The van der Waals surface area contributed by atoms with Crippen molar-refractivity contribution in [3.63, 3.8) is 0 Å². The molecule has 1 aliphatic rings. The van der Waals surface area contributed by atoms with Gasteiger partial charge in [-0.3, -0.25) is 0 Å². The molecule has 1 aliphatic carbocycles. The van der Waals surface area contributed by atoms with E-state index in [1.54, 1.807) is 0 Å². The molecule has 1 aromatic heterocycles. The molecule has 0 aliphatic heterocycles. The van der Waals surface area contributed by atoms with Crippen molar-refractivity contribution >= 4 is 11.3 Å². The number of aromatic nitrogens is 1. The van der Waals surface area contributed by atoms with E-state index < -0.39 is 0 Å². The highest BCUT2D eigenvalue weighted by Crippen LogP contribution is 2.44. The van der Waals surface area contributed by atoms with Gasteiger partial charge in [0.2, 0.25) is 0 Å². The van der Waals surface area contributed by atoms with Crippen LogP contribution in [0.3, 0.4) is 0 Å². The van der Waals surface area contributed by atoms with Crippen LogP contribution in [0.1, 0.15) is 51.5 Å². The molecular weight excluding hydrogens is 252 g/mol. The Bertz CT molecular complexity index is 565. The van der Waals surface area contributed by atoms with E-state index in [9.17, 15) is 0 Å². The molecule has 0 spiro atoms. The van der Waals surface area contributed by atoms with Crippen LogP contribution in [0.4, 0.5) is 0 Å². The Morgan fingerprint density at radius 1 is 1.26 bits per heavy atom. The van der Waals surface area contributed by atoms with Crippen molar-refractivity contribution in [3.8, 4) is 0 Å². The average Bonchev–Trinajstić information content (AvgIpc) is 3.19. The molecule has 0 radical (unpaired) electrons. The van der Waals surface area contributed by atoms with Gasteiger partial charge < -0.3 is 5.32 Å². The Hall–Kier alpha value is -1.19. The normalized spacial score (nSPS) is 16.6. The van der Waals surface area contributed by atoms with Gasteiger partial charge in [-0.05, 0) is 50.8 Å². The van der Waals surface area contributed by atoms with E-state index in [1.165, 1.54) is 33.9 Å². The number of thiazole rings is 1. The first-order chi connectivity index (χ1) is 9.20. The standard InChI is InChI=1S/C16H20N2S/c1-10-11(2)19-16(18-10)15(17-3)14-7-5-4-6-13(14)12-8-9-12/h4-7,12,15,17H,8-9H2,1-3H3. The van der Waals surface area contributed by atoms with E-state index >= 15 is 0 Å². The topological polar surface area (TPSA) is 24.9 Å². The number of nitrogens with zero attached hydrogens (tertiary/aromatic N) is 1. The lowest BCUT2D eigenvalue weighted by Crippen LogP contribution is -2.19. The molecule has 1 aromatic carbocycles. The second-order valence-corrected chi connectivity index (χ2v) is 6.55. The van der Waals surface area contributed by atoms with E-state index in [0.29, 0.717) is 0 Å². The van der Waals surface area contributed by atoms with Crippen LogP contribution in [0.2, 0.25) is 0 Å². The van der Waals surface area contributed by atoms with Crippen LogP contribution >= 0.6 is 11.3 Å². The Labute approximate surface area is 118 Å². The van der Waals surface area contributed by atoms with E-state index in [2.05, 4.69) is 43.4 Å². The van der Waals surface area contributed by atoms with Crippen LogP contribution in [-0.4, -0.2) is 12.0 Å². The summed E-state index contributed by atoms with van der Waals surface area (Å²) < 4.78 is 0. The molecule has 1 saturated carbocycles. The fourth-order valence-corrected chi connectivity index (χ4v) is 3.63. The second kappa shape index (κ2) is 5.06. The highest BCUT2D eigenvalue weighted by Gasteiger charge is 2.29. The number of rotatable bonds is 4. The van der Waals surface area contributed by atoms with E-state index in [4.69, 9.17) is 4.98 Å². The van der Waals surface area contributed by atoms with Gasteiger partial charge in [0.25, 0.3) is 0 Å². The fraction of sp³-hybridized carbons (Fsp3) is 0.438. The smallest absolute Gasteiger partial charge is 0.115 e. The summed E-state index contributed by atoms with van der Waals surface area (Å²) in [7, 11) is 2.03. The van der Waals surface area contributed by atoms with Gasteiger partial charge in [0.05, 0.1) is 11.7 Å². The van der Waals surface area contributed by atoms with E-state index in [-0.39, 0.29) is 6.04 Å². The van der Waals surface area contributed by atoms with Crippen LogP contribution in [0.15, 0.2) is 24.3 Å². The summed E-state index contributed by atoms with van der Waals surface area (Å²) in [5, 5.41) is 4.63. The molecule has 3 heteroatoms. The van der Waals surface area contributed by atoms with Crippen LogP contribution in [0, 0.1) is 13.8 Å². The lowest BCUT2D eigenvalue weighted by molar-refractivity contribution is 0.677. The summed E-state index contributed by atoms with van der Waals surface area (Å²) in [4.78, 5) is 6.05. The van der Waals surface area contributed by atoms with Gasteiger partial charge in [-0.1, -0.05) is 24.3 Å². The van der Waals surface area contributed by atoms with Crippen molar-refractivity contribution in [2.24, 2.45) is 0 Å². The Morgan fingerprint density at radius 2 is 2.00 bits per heavy atom. The molecule has 2 nitrogen and oxygen atoms in total. The van der Waals surface area contributed by atoms with Gasteiger partial charge in [-0.15, -0.1) is 11.3 Å². The highest BCUT2D eigenvalue weighted by molar-refractivity contribution is 7.11. The number of aryl methyl sites for hydroxylation is 2. The van der Waals surface area contributed by atoms with Gasteiger partial charge >= 0.3 is 0 Å². The van der Waals surface area contributed by atoms with Gasteiger partial charge in [0.15, 0.2) is 0 Å². The zero-order chi connectivity index (χ0) is 13.4. The molecule has 0 bridgehead atoms. The maximum atomic E-state index is 4.73. The number of nitrogens with one attached hydrogen (secondary N) is 1. The van der Waals surface area contributed by atoms with Crippen LogP contribution in [0.5, 0.6) is 0 Å². The predicted octanol–water partition coefficient (Wildman–Crippen LogP) is 3.95. The van der Waals surface area contributed by atoms with Crippen molar-refractivity contribution in [1.82, 2.24) is 10.3 Å². The van der Waals surface area contributed by atoms with Gasteiger partial charge in [0.1, 0.15) is 5.01 Å². The summed E-state index contributed by atoms with van der Waals surface area (Å²) in [5.41, 5.74) is 4.07.